The maximum absolute atomic E-state index is 13.2. The Morgan fingerprint density at radius 3 is 2.81 bits per heavy atom. The minimum atomic E-state index is -1.00. The topological polar surface area (TPSA) is 115 Å². The Morgan fingerprint density at radius 1 is 1.31 bits per heavy atom. The van der Waals surface area contributed by atoms with E-state index in [0.29, 0.717) is 54.4 Å². The molecule has 166 valence electrons. The van der Waals surface area contributed by atoms with Crippen LogP contribution in [0, 0.1) is 11.8 Å². The Morgan fingerprint density at radius 2 is 2.09 bits per heavy atom. The van der Waals surface area contributed by atoms with Crippen LogP contribution in [-0.4, -0.2) is 57.5 Å². The highest BCUT2D eigenvalue weighted by Crippen LogP contribution is 2.53. The Kier molecular flexibility index (Phi) is 4.22. The number of amides is 1. The van der Waals surface area contributed by atoms with Crippen LogP contribution in [0.15, 0.2) is 35.4 Å². The second kappa shape index (κ2) is 7.02. The Hall–Kier alpha value is -3.47. The van der Waals surface area contributed by atoms with Crippen LogP contribution in [0.3, 0.4) is 0 Å². The van der Waals surface area contributed by atoms with Gasteiger partial charge in [0.05, 0.1) is 25.5 Å². The molecule has 3 N–H and O–H groups in total. The van der Waals surface area contributed by atoms with Crippen LogP contribution in [0.2, 0.25) is 0 Å². The summed E-state index contributed by atoms with van der Waals surface area (Å²) in [6.45, 7) is 1.39. The zero-order valence-corrected chi connectivity index (χ0v) is 17.3. The van der Waals surface area contributed by atoms with Crippen molar-refractivity contribution in [1.29, 1.82) is 0 Å². The molecule has 3 aromatic heterocycles. The molecule has 4 heterocycles. The zero-order chi connectivity index (χ0) is 22.0. The molecule has 5 atom stereocenters. The molecular weight excluding hydrogens is 417 g/mol. The summed E-state index contributed by atoms with van der Waals surface area (Å²) in [5.41, 5.74) is 0.799. The first kappa shape index (κ1) is 19.2. The van der Waals surface area contributed by atoms with Crippen LogP contribution >= 0.6 is 0 Å². The fraction of sp³-hybridized carbons (Fsp3) is 0.429. The monoisotopic (exact) mass is 439 g/mol. The third-order valence-electron chi connectivity index (χ3n) is 6.47. The average molecular weight is 439 g/mol. The number of hydrogen-bond acceptors (Lipinski definition) is 7. The first-order chi connectivity index (χ1) is 15.5. The number of nitrogens with one attached hydrogen (secondary N) is 3. The fourth-order valence-corrected chi connectivity index (χ4v) is 4.52. The third-order valence-corrected chi connectivity index (χ3v) is 6.47. The number of carbonyl (C=O) groups is 1. The van der Waals surface area contributed by atoms with Gasteiger partial charge in [-0.1, -0.05) is 0 Å². The van der Waals surface area contributed by atoms with E-state index < -0.39 is 18.1 Å². The summed E-state index contributed by atoms with van der Waals surface area (Å²) in [5, 5.41) is 13.0. The number of carbonyl (C=O) groups excluding carboxylic acids is 1. The number of fused-ring (bicyclic) bond motifs is 2. The second-order valence-electron chi connectivity index (χ2n) is 8.52. The maximum Gasteiger partial charge on any atom is 0.274 e. The summed E-state index contributed by atoms with van der Waals surface area (Å²) >= 11 is 0. The van der Waals surface area contributed by atoms with E-state index in [2.05, 4.69) is 26.0 Å². The lowest BCUT2D eigenvalue weighted by molar-refractivity contribution is 0.0949. The van der Waals surface area contributed by atoms with E-state index >= 15 is 0 Å². The number of nitrogens with zero attached hydrogens (tertiary/aromatic N) is 4. The lowest BCUT2D eigenvalue weighted by Gasteiger charge is -2.13. The molecule has 10 nitrogen and oxygen atoms in total. The van der Waals surface area contributed by atoms with Gasteiger partial charge in [0.2, 0.25) is 0 Å². The lowest BCUT2D eigenvalue weighted by atomic mass is 10.3. The highest BCUT2D eigenvalue weighted by molar-refractivity contribution is 6.00. The molecule has 2 aliphatic carbocycles. The largest absolute Gasteiger partial charge is 0.381 e. The van der Waals surface area contributed by atoms with Gasteiger partial charge in [-0.05, 0) is 12.1 Å². The van der Waals surface area contributed by atoms with Crippen molar-refractivity contribution in [2.45, 2.75) is 24.7 Å². The molecule has 0 spiro atoms. The predicted molar refractivity (Wildman–Crippen MR) is 114 cm³/mol. The van der Waals surface area contributed by atoms with Gasteiger partial charge < -0.3 is 25.3 Å². The molecule has 0 bridgehead atoms. The molecular formula is C21H22FN7O3. The molecule has 1 unspecified atom stereocenters. The molecule has 1 saturated heterocycles. The summed E-state index contributed by atoms with van der Waals surface area (Å²) in [7, 11) is 1.72. The van der Waals surface area contributed by atoms with Crippen molar-refractivity contribution in [2.24, 2.45) is 11.8 Å². The lowest BCUT2D eigenvalue weighted by Crippen LogP contribution is -2.27. The minimum Gasteiger partial charge on any atom is -0.381 e. The number of pyridine rings is 1. The fourth-order valence-electron chi connectivity index (χ4n) is 4.52. The highest BCUT2D eigenvalue weighted by Gasteiger charge is 2.55. The summed E-state index contributed by atoms with van der Waals surface area (Å²) in [5.74, 6) is 1.34. The normalized spacial score (nSPS) is 27.8. The van der Waals surface area contributed by atoms with Crippen LogP contribution in [0.4, 0.5) is 21.7 Å². The van der Waals surface area contributed by atoms with Crippen molar-refractivity contribution in [1.82, 2.24) is 24.5 Å². The van der Waals surface area contributed by atoms with Gasteiger partial charge >= 0.3 is 0 Å². The molecule has 1 amide bonds. The summed E-state index contributed by atoms with van der Waals surface area (Å²) in [6, 6.07) is 4.95. The van der Waals surface area contributed by atoms with Crippen molar-refractivity contribution < 1.29 is 13.9 Å². The number of hydrogen-bond donors (Lipinski definition) is 3. The van der Waals surface area contributed by atoms with Gasteiger partial charge in [-0.3, -0.25) is 9.59 Å². The van der Waals surface area contributed by atoms with Crippen LogP contribution in [0.25, 0.3) is 5.65 Å². The first-order valence-corrected chi connectivity index (χ1v) is 10.6. The zero-order valence-electron chi connectivity index (χ0n) is 17.3. The molecule has 3 aromatic rings. The van der Waals surface area contributed by atoms with E-state index in [9.17, 15) is 14.0 Å². The van der Waals surface area contributed by atoms with Gasteiger partial charge in [-0.25, -0.2) is 9.37 Å². The third kappa shape index (κ3) is 3.03. The van der Waals surface area contributed by atoms with E-state index in [0.717, 1.165) is 0 Å². The van der Waals surface area contributed by atoms with Crippen molar-refractivity contribution in [2.75, 3.05) is 30.9 Å². The van der Waals surface area contributed by atoms with Gasteiger partial charge in [-0.2, -0.15) is 9.61 Å². The highest BCUT2D eigenvalue weighted by atomic mass is 19.1. The standard InChI is InChI=1S/C21H22FN7O3/c1-23-17-6-16(27-19-10(7-24-29(17)19)20(30)26-15-5-13(15)22)25-14-3-2-4-28(21(14)31)18-11-8-32-9-12(11)18/h2-4,6-7,11-13,15,18,23H,5,8-9H2,1H3,(H,25,27)(H,26,30)/t11-,12+,13-,15+,18?/m0/s1. The van der Waals surface area contributed by atoms with E-state index in [4.69, 9.17) is 4.74 Å². The van der Waals surface area contributed by atoms with Gasteiger partial charge in [-0.15, -0.1) is 0 Å². The van der Waals surface area contributed by atoms with Gasteiger partial charge in [0, 0.05) is 43.6 Å². The number of alkyl halides is 1. The molecule has 3 fully saturated rings. The minimum absolute atomic E-state index is 0.131. The summed E-state index contributed by atoms with van der Waals surface area (Å²) < 4.78 is 21.9. The molecule has 32 heavy (non-hydrogen) atoms. The second-order valence-corrected chi connectivity index (χ2v) is 8.52. The molecule has 0 aromatic carbocycles. The average Bonchev–Trinajstić information content (AvgIpc) is 3.48. The van der Waals surface area contributed by atoms with Crippen molar-refractivity contribution in [3.8, 4) is 0 Å². The van der Waals surface area contributed by atoms with E-state index in [-0.39, 0.29) is 17.2 Å². The predicted octanol–water partition coefficient (Wildman–Crippen LogP) is 1.33. The first-order valence-electron chi connectivity index (χ1n) is 10.6. The maximum atomic E-state index is 13.2. The number of halogens is 1. The summed E-state index contributed by atoms with van der Waals surface area (Å²) in [6.07, 6.45) is 2.53. The molecule has 2 saturated carbocycles. The summed E-state index contributed by atoms with van der Waals surface area (Å²) in [4.78, 5) is 30.2. The quantitative estimate of drug-likeness (QED) is 0.531. The van der Waals surface area contributed by atoms with E-state index in [1.54, 1.807) is 23.7 Å². The van der Waals surface area contributed by atoms with E-state index in [1.165, 1.54) is 10.7 Å². The molecule has 0 radical (unpaired) electrons. The van der Waals surface area contributed by atoms with Crippen molar-refractivity contribution in [3.05, 3.63) is 46.5 Å². The van der Waals surface area contributed by atoms with Crippen LogP contribution in [0.5, 0.6) is 0 Å². The smallest absolute Gasteiger partial charge is 0.274 e. The van der Waals surface area contributed by atoms with Gasteiger partial charge in [0.15, 0.2) is 5.65 Å². The molecule has 1 aliphatic heterocycles. The van der Waals surface area contributed by atoms with Crippen molar-refractivity contribution in [3.63, 3.8) is 0 Å². The molecule has 3 aliphatic rings. The Labute approximate surface area is 181 Å². The number of anilines is 3. The van der Waals surface area contributed by atoms with E-state index in [1.807, 2.05) is 12.3 Å². The van der Waals surface area contributed by atoms with Gasteiger partial charge in [0.25, 0.3) is 11.5 Å². The Bertz CT molecular complexity index is 1280. The Balaban J connectivity index is 1.33. The molecule has 11 heteroatoms. The van der Waals surface area contributed by atoms with Crippen molar-refractivity contribution >= 4 is 28.9 Å². The number of aromatic nitrogens is 4. The van der Waals surface area contributed by atoms with Crippen LogP contribution in [-0.2, 0) is 4.74 Å². The SMILES string of the molecule is CNc1cc(Nc2cccn(C3[C@H]4COC[C@@H]34)c2=O)nc2c(C(=O)N[C@@H]3C[C@@H]3F)cnn12. The van der Waals surface area contributed by atoms with Crippen LogP contribution in [0.1, 0.15) is 22.8 Å². The van der Waals surface area contributed by atoms with Crippen LogP contribution < -0.4 is 21.5 Å². The van der Waals surface area contributed by atoms with Gasteiger partial charge in [0.1, 0.15) is 29.1 Å². The number of ether oxygens (including phenoxy) is 1. The number of rotatable bonds is 6. The molecule has 6 rings (SSSR count).